The first kappa shape index (κ1) is 21.4. The molecule has 0 atom stereocenters. The number of carbonyl (C=O) groups excluding carboxylic acids is 1. The molecule has 3 heterocycles. The summed E-state index contributed by atoms with van der Waals surface area (Å²) in [5.41, 5.74) is 3.35. The Morgan fingerprint density at radius 2 is 1.82 bits per heavy atom. The van der Waals surface area contributed by atoms with E-state index in [0.717, 1.165) is 55.1 Å². The van der Waals surface area contributed by atoms with Crippen LogP contribution in [0.2, 0.25) is 0 Å². The van der Waals surface area contributed by atoms with Gasteiger partial charge >= 0.3 is 0 Å². The van der Waals surface area contributed by atoms with Gasteiger partial charge in [0.15, 0.2) is 11.5 Å². The number of carbonyl (C=O) groups is 1. The summed E-state index contributed by atoms with van der Waals surface area (Å²) in [6.07, 6.45) is 4.35. The van der Waals surface area contributed by atoms with Crippen molar-refractivity contribution < 1.29 is 18.8 Å². The molecular weight excluding hydrogens is 418 g/mol. The molecule has 1 aromatic heterocycles. The fourth-order valence-corrected chi connectivity index (χ4v) is 4.54. The molecule has 0 saturated carbocycles. The molecule has 5 rings (SSSR count). The molecule has 0 spiro atoms. The average molecular weight is 448 g/mol. The average Bonchev–Trinajstić information content (AvgIpc) is 3.51. The normalized spacial score (nSPS) is 15.0. The van der Waals surface area contributed by atoms with Crippen molar-refractivity contribution in [3.05, 3.63) is 59.7 Å². The van der Waals surface area contributed by atoms with Crippen LogP contribution in [0, 0.1) is 0 Å². The Kier molecular flexibility index (Phi) is 6.19. The number of amides is 1. The minimum atomic E-state index is -0.0417. The van der Waals surface area contributed by atoms with Gasteiger partial charge in [0, 0.05) is 30.8 Å². The molecule has 0 N–H and O–H groups in total. The minimum Gasteiger partial charge on any atom is -0.454 e. The Labute approximate surface area is 193 Å². The van der Waals surface area contributed by atoms with Crippen molar-refractivity contribution in [2.24, 2.45) is 0 Å². The highest BCUT2D eigenvalue weighted by atomic mass is 16.7. The van der Waals surface area contributed by atoms with Gasteiger partial charge < -0.3 is 23.8 Å². The molecule has 0 aliphatic carbocycles. The number of piperidine rings is 1. The molecule has 1 fully saturated rings. The van der Waals surface area contributed by atoms with E-state index < -0.39 is 0 Å². The van der Waals surface area contributed by atoms with E-state index in [1.165, 1.54) is 6.42 Å². The highest BCUT2D eigenvalue weighted by molar-refractivity contribution is 5.95. The summed E-state index contributed by atoms with van der Waals surface area (Å²) in [6, 6.07) is 15.4. The summed E-state index contributed by atoms with van der Waals surface area (Å²) in [7, 11) is 0. The van der Waals surface area contributed by atoms with Crippen LogP contribution in [-0.2, 0) is 6.54 Å². The smallest absolute Gasteiger partial charge is 0.254 e. The molecule has 3 aromatic rings. The molecule has 7 nitrogen and oxygen atoms in total. The summed E-state index contributed by atoms with van der Waals surface area (Å²) in [4.78, 5) is 17.7. The largest absolute Gasteiger partial charge is 0.454 e. The van der Waals surface area contributed by atoms with E-state index in [-0.39, 0.29) is 12.7 Å². The van der Waals surface area contributed by atoms with E-state index in [4.69, 9.17) is 14.0 Å². The lowest BCUT2D eigenvalue weighted by Crippen LogP contribution is -2.33. The lowest BCUT2D eigenvalue weighted by Gasteiger charge is -2.28. The highest BCUT2D eigenvalue weighted by Gasteiger charge is 2.28. The number of nitrogens with zero attached hydrogens (tertiary/aromatic N) is 3. The number of anilines is 1. The number of hydrogen-bond donors (Lipinski definition) is 0. The highest BCUT2D eigenvalue weighted by Crippen LogP contribution is 2.35. The molecule has 2 aromatic carbocycles. The van der Waals surface area contributed by atoms with Crippen LogP contribution in [0.15, 0.2) is 53.1 Å². The monoisotopic (exact) mass is 447 g/mol. The number of ether oxygens (including phenoxy) is 2. The van der Waals surface area contributed by atoms with E-state index in [1.807, 2.05) is 35.2 Å². The second-order valence-corrected chi connectivity index (χ2v) is 8.52. The van der Waals surface area contributed by atoms with E-state index in [1.54, 1.807) is 18.2 Å². The maximum absolute atomic E-state index is 13.6. The zero-order valence-corrected chi connectivity index (χ0v) is 19.0. The molecule has 172 valence electrons. The third-order valence-electron chi connectivity index (χ3n) is 6.21. The van der Waals surface area contributed by atoms with Crippen molar-refractivity contribution in [3.8, 4) is 22.8 Å². The van der Waals surface area contributed by atoms with Crippen LogP contribution in [0.3, 0.4) is 0 Å². The number of hydrogen-bond acceptors (Lipinski definition) is 6. The predicted octanol–water partition coefficient (Wildman–Crippen LogP) is 5.11. The summed E-state index contributed by atoms with van der Waals surface area (Å²) < 4.78 is 16.8. The van der Waals surface area contributed by atoms with Crippen molar-refractivity contribution in [2.45, 2.75) is 39.2 Å². The first-order valence-corrected chi connectivity index (χ1v) is 11.7. The third-order valence-corrected chi connectivity index (χ3v) is 6.21. The maximum Gasteiger partial charge on any atom is 0.254 e. The summed E-state index contributed by atoms with van der Waals surface area (Å²) in [6.45, 7) is 5.22. The SMILES string of the molecule is CCCN(Cc1c(-c2ccccc2)noc1N1CCCCC1)C(=O)c1ccc2c(c1)OCO2. The van der Waals surface area contributed by atoms with Crippen LogP contribution in [0.5, 0.6) is 11.5 Å². The van der Waals surface area contributed by atoms with Gasteiger partial charge in [0.05, 0.1) is 12.1 Å². The summed E-state index contributed by atoms with van der Waals surface area (Å²) in [5, 5.41) is 4.46. The maximum atomic E-state index is 13.6. The zero-order chi connectivity index (χ0) is 22.6. The van der Waals surface area contributed by atoms with Gasteiger partial charge in [-0.15, -0.1) is 0 Å². The first-order valence-electron chi connectivity index (χ1n) is 11.7. The van der Waals surface area contributed by atoms with Gasteiger partial charge in [-0.3, -0.25) is 4.79 Å². The zero-order valence-electron chi connectivity index (χ0n) is 19.0. The fourth-order valence-electron chi connectivity index (χ4n) is 4.54. The molecule has 33 heavy (non-hydrogen) atoms. The molecule has 7 heteroatoms. The molecular formula is C26H29N3O4. The Bertz CT molecular complexity index is 1110. The first-order chi connectivity index (χ1) is 16.2. The molecule has 0 radical (unpaired) electrons. The van der Waals surface area contributed by atoms with Crippen LogP contribution in [0.4, 0.5) is 5.88 Å². The Morgan fingerprint density at radius 3 is 2.61 bits per heavy atom. The summed E-state index contributed by atoms with van der Waals surface area (Å²) >= 11 is 0. The molecule has 1 amide bonds. The quantitative estimate of drug-likeness (QED) is 0.501. The number of fused-ring (bicyclic) bond motifs is 1. The van der Waals surface area contributed by atoms with Crippen molar-refractivity contribution in [3.63, 3.8) is 0 Å². The predicted molar refractivity (Wildman–Crippen MR) is 126 cm³/mol. The Morgan fingerprint density at radius 1 is 1.03 bits per heavy atom. The van der Waals surface area contributed by atoms with Gasteiger partial charge in [0.2, 0.25) is 12.7 Å². The van der Waals surface area contributed by atoms with Gasteiger partial charge in [-0.2, -0.15) is 0 Å². The second-order valence-electron chi connectivity index (χ2n) is 8.52. The number of benzene rings is 2. The Hall–Kier alpha value is -3.48. The van der Waals surface area contributed by atoms with Crippen molar-refractivity contribution in [2.75, 3.05) is 31.3 Å². The second kappa shape index (κ2) is 9.57. The van der Waals surface area contributed by atoms with E-state index in [0.29, 0.717) is 30.2 Å². The van der Waals surface area contributed by atoms with E-state index >= 15 is 0 Å². The van der Waals surface area contributed by atoms with Crippen molar-refractivity contribution in [1.82, 2.24) is 10.1 Å². The van der Waals surface area contributed by atoms with Gasteiger partial charge in [-0.1, -0.05) is 42.4 Å². The van der Waals surface area contributed by atoms with Crippen LogP contribution >= 0.6 is 0 Å². The lowest BCUT2D eigenvalue weighted by atomic mass is 10.0. The van der Waals surface area contributed by atoms with E-state index in [2.05, 4.69) is 17.0 Å². The minimum absolute atomic E-state index is 0.0417. The van der Waals surface area contributed by atoms with Crippen LogP contribution in [0.25, 0.3) is 11.3 Å². The van der Waals surface area contributed by atoms with Gasteiger partial charge in [0.1, 0.15) is 5.69 Å². The number of rotatable bonds is 7. The molecule has 2 aliphatic rings. The van der Waals surface area contributed by atoms with Gasteiger partial charge in [-0.05, 0) is 43.9 Å². The van der Waals surface area contributed by atoms with Crippen LogP contribution in [0.1, 0.15) is 48.5 Å². The topological polar surface area (TPSA) is 68.0 Å². The molecule has 2 aliphatic heterocycles. The number of aromatic nitrogens is 1. The molecule has 0 bridgehead atoms. The standard InChI is InChI=1S/C26H29N3O4/c1-2-13-29(25(30)20-11-12-22-23(16-20)32-18-31-22)17-21-24(19-9-5-3-6-10-19)27-33-26(21)28-14-7-4-8-15-28/h3,5-6,9-12,16H,2,4,7-8,13-15,17-18H2,1H3. The fraction of sp³-hybridized carbons (Fsp3) is 0.385. The molecule has 1 saturated heterocycles. The lowest BCUT2D eigenvalue weighted by molar-refractivity contribution is 0.0743. The Balaban J connectivity index is 1.49. The van der Waals surface area contributed by atoms with Gasteiger partial charge in [-0.25, -0.2) is 0 Å². The summed E-state index contributed by atoms with van der Waals surface area (Å²) in [5.74, 6) is 2.03. The van der Waals surface area contributed by atoms with E-state index in [9.17, 15) is 4.79 Å². The third kappa shape index (κ3) is 4.40. The van der Waals surface area contributed by atoms with Crippen molar-refractivity contribution >= 4 is 11.8 Å². The van der Waals surface area contributed by atoms with Crippen LogP contribution in [-0.4, -0.2) is 42.4 Å². The molecule has 0 unspecified atom stereocenters. The van der Waals surface area contributed by atoms with Crippen LogP contribution < -0.4 is 14.4 Å². The van der Waals surface area contributed by atoms with Crippen molar-refractivity contribution in [1.29, 1.82) is 0 Å². The van der Waals surface area contributed by atoms with Gasteiger partial charge in [0.25, 0.3) is 5.91 Å².